The number of halogens is 3. The zero-order valence-corrected chi connectivity index (χ0v) is 16.1. The van der Waals surface area contributed by atoms with Gasteiger partial charge in [0.05, 0.1) is 11.3 Å². The molecular formula is C18H14F3N5O2S. The lowest BCUT2D eigenvalue weighted by Crippen LogP contribution is -2.31. The van der Waals surface area contributed by atoms with Crippen LogP contribution >= 0.6 is 11.8 Å². The molecule has 7 nitrogen and oxygen atoms in total. The van der Waals surface area contributed by atoms with E-state index in [4.69, 9.17) is 0 Å². The van der Waals surface area contributed by atoms with Crippen molar-refractivity contribution < 1.29 is 22.8 Å². The molecule has 11 heteroatoms. The Balaban J connectivity index is 1.63. The van der Waals surface area contributed by atoms with Crippen LogP contribution in [0.4, 0.5) is 18.9 Å². The van der Waals surface area contributed by atoms with Crippen molar-refractivity contribution in [2.45, 2.75) is 36.9 Å². The lowest BCUT2D eigenvalue weighted by molar-refractivity contribution is -0.137. The first-order valence-electron chi connectivity index (χ1n) is 8.55. The third-order valence-corrected chi connectivity index (χ3v) is 5.58. The summed E-state index contributed by atoms with van der Waals surface area (Å²) in [5.41, 5.74) is 0.554. The van der Waals surface area contributed by atoms with Gasteiger partial charge in [0.15, 0.2) is 5.16 Å². The molecule has 0 aliphatic carbocycles. The van der Waals surface area contributed by atoms with Gasteiger partial charge in [0, 0.05) is 17.8 Å². The number of hydrogen-bond donors (Lipinski definition) is 0. The fraction of sp³-hybridized carbons (Fsp3) is 0.278. The van der Waals surface area contributed by atoms with Gasteiger partial charge < -0.3 is 0 Å². The Bertz CT molecular complexity index is 1140. The molecule has 1 aliphatic heterocycles. The minimum Gasteiger partial charge on any atom is -0.274 e. The molecule has 1 aromatic carbocycles. The molecule has 0 N–H and O–H groups in total. The second kappa shape index (κ2) is 6.83. The largest absolute Gasteiger partial charge is 0.416 e. The van der Waals surface area contributed by atoms with Crippen molar-refractivity contribution in [3.63, 3.8) is 0 Å². The van der Waals surface area contributed by atoms with E-state index in [1.165, 1.54) is 12.1 Å². The number of imide groups is 1. The van der Waals surface area contributed by atoms with Crippen LogP contribution in [-0.2, 0) is 15.8 Å². The zero-order valence-electron chi connectivity index (χ0n) is 15.3. The van der Waals surface area contributed by atoms with Gasteiger partial charge in [-0.15, -0.1) is 10.2 Å². The Labute approximate surface area is 166 Å². The molecule has 0 radical (unpaired) electrons. The van der Waals surface area contributed by atoms with E-state index in [0.29, 0.717) is 10.9 Å². The van der Waals surface area contributed by atoms with Crippen LogP contribution < -0.4 is 4.90 Å². The summed E-state index contributed by atoms with van der Waals surface area (Å²) in [6.07, 6.45) is -4.72. The van der Waals surface area contributed by atoms with E-state index >= 15 is 0 Å². The number of amides is 2. The number of anilines is 1. The number of alkyl halides is 3. The molecular weight excluding hydrogens is 407 g/mol. The van der Waals surface area contributed by atoms with Crippen molar-refractivity contribution in [1.29, 1.82) is 0 Å². The number of benzene rings is 1. The molecule has 4 rings (SSSR count). The predicted molar refractivity (Wildman–Crippen MR) is 98.5 cm³/mol. The van der Waals surface area contributed by atoms with E-state index in [1.807, 2.05) is 19.9 Å². The Morgan fingerprint density at radius 2 is 1.90 bits per heavy atom. The van der Waals surface area contributed by atoms with Crippen molar-refractivity contribution in [2.24, 2.45) is 0 Å². The molecule has 0 unspecified atom stereocenters. The first-order valence-corrected chi connectivity index (χ1v) is 9.43. The number of rotatable bonds is 3. The van der Waals surface area contributed by atoms with Crippen LogP contribution in [0, 0.1) is 13.8 Å². The average molecular weight is 421 g/mol. The number of fused-ring (bicyclic) bond motifs is 1. The SMILES string of the molecule is Cc1cc(C)n2c(S[C@@H]3CC(=O)N(c4cccc(C(F)(F)F)c4)C3=O)nnc2n1. The summed E-state index contributed by atoms with van der Waals surface area (Å²) in [6.45, 7) is 3.66. The molecule has 150 valence electrons. The molecule has 3 heterocycles. The average Bonchev–Trinajstić information content (AvgIpc) is 3.15. The zero-order chi connectivity index (χ0) is 20.9. The predicted octanol–water partition coefficient (Wildman–Crippen LogP) is 3.18. The lowest BCUT2D eigenvalue weighted by atomic mass is 10.2. The van der Waals surface area contributed by atoms with Crippen LogP contribution in [0.15, 0.2) is 35.5 Å². The molecule has 0 saturated carbocycles. The number of aromatic nitrogens is 4. The van der Waals surface area contributed by atoms with Crippen LogP contribution in [0.1, 0.15) is 23.4 Å². The minimum absolute atomic E-state index is 0.0995. The van der Waals surface area contributed by atoms with Crippen molar-refractivity contribution >= 4 is 35.0 Å². The van der Waals surface area contributed by atoms with E-state index in [0.717, 1.165) is 40.2 Å². The molecule has 0 bridgehead atoms. The van der Waals surface area contributed by atoms with Gasteiger partial charge >= 0.3 is 6.18 Å². The summed E-state index contributed by atoms with van der Waals surface area (Å²) in [5.74, 6) is -0.781. The topological polar surface area (TPSA) is 80.5 Å². The molecule has 3 aromatic rings. The summed E-state index contributed by atoms with van der Waals surface area (Å²) >= 11 is 1.04. The number of carbonyl (C=O) groups excluding carboxylic acids is 2. The smallest absolute Gasteiger partial charge is 0.274 e. The fourth-order valence-electron chi connectivity index (χ4n) is 3.19. The Morgan fingerprint density at radius 3 is 2.62 bits per heavy atom. The highest BCUT2D eigenvalue weighted by Crippen LogP contribution is 2.36. The summed E-state index contributed by atoms with van der Waals surface area (Å²) in [7, 11) is 0. The van der Waals surface area contributed by atoms with Gasteiger partial charge in [0.1, 0.15) is 5.25 Å². The van der Waals surface area contributed by atoms with Crippen molar-refractivity contribution in [2.75, 3.05) is 4.90 Å². The van der Waals surface area contributed by atoms with E-state index in [-0.39, 0.29) is 12.1 Å². The summed E-state index contributed by atoms with van der Waals surface area (Å²) in [5, 5.41) is 7.61. The van der Waals surface area contributed by atoms with Gasteiger partial charge in [-0.25, -0.2) is 9.88 Å². The first-order chi connectivity index (χ1) is 13.6. The molecule has 0 spiro atoms. The number of thioether (sulfide) groups is 1. The maximum atomic E-state index is 13.0. The summed E-state index contributed by atoms with van der Waals surface area (Å²) < 4.78 is 40.6. The Morgan fingerprint density at radius 1 is 1.14 bits per heavy atom. The Kier molecular flexibility index (Phi) is 4.56. The van der Waals surface area contributed by atoms with Gasteiger partial charge in [-0.05, 0) is 38.1 Å². The maximum absolute atomic E-state index is 13.0. The highest BCUT2D eigenvalue weighted by atomic mass is 32.2. The monoisotopic (exact) mass is 421 g/mol. The quantitative estimate of drug-likeness (QED) is 0.605. The van der Waals surface area contributed by atoms with Gasteiger partial charge in [-0.1, -0.05) is 17.8 Å². The molecule has 1 atom stereocenters. The van der Waals surface area contributed by atoms with Crippen LogP contribution in [0.5, 0.6) is 0 Å². The molecule has 29 heavy (non-hydrogen) atoms. The fourth-order valence-corrected chi connectivity index (χ4v) is 4.30. The molecule has 1 fully saturated rings. The van der Waals surface area contributed by atoms with E-state index in [9.17, 15) is 22.8 Å². The molecule has 2 amide bonds. The van der Waals surface area contributed by atoms with Crippen molar-refractivity contribution in [1.82, 2.24) is 19.6 Å². The lowest BCUT2D eigenvalue weighted by Gasteiger charge is -2.16. The van der Waals surface area contributed by atoms with Crippen LogP contribution in [-0.4, -0.2) is 36.6 Å². The summed E-state index contributed by atoms with van der Waals surface area (Å²) in [6, 6.07) is 5.99. The van der Waals surface area contributed by atoms with E-state index < -0.39 is 28.8 Å². The van der Waals surface area contributed by atoms with Gasteiger partial charge in [0.2, 0.25) is 11.8 Å². The maximum Gasteiger partial charge on any atom is 0.416 e. The third-order valence-electron chi connectivity index (χ3n) is 4.45. The number of aryl methyl sites for hydroxylation is 2. The van der Waals surface area contributed by atoms with Gasteiger partial charge in [-0.3, -0.25) is 14.0 Å². The van der Waals surface area contributed by atoms with Crippen LogP contribution in [0.2, 0.25) is 0 Å². The summed E-state index contributed by atoms with van der Waals surface area (Å²) in [4.78, 5) is 30.3. The van der Waals surface area contributed by atoms with Gasteiger partial charge in [0.25, 0.3) is 5.78 Å². The normalized spacial score (nSPS) is 17.6. The van der Waals surface area contributed by atoms with E-state index in [2.05, 4.69) is 15.2 Å². The highest BCUT2D eigenvalue weighted by Gasteiger charge is 2.42. The molecule has 1 saturated heterocycles. The molecule has 1 aliphatic rings. The third kappa shape index (κ3) is 3.46. The van der Waals surface area contributed by atoms with Crippen molar-refractivity contribution in [3.8, 4) is 0 Å². The first kappa shape index (κ1) is 19.4. The second-order valence-electron chi connectivity index (χ2n) is 6.58. The van der Waals surface area contributed by atoms with Crippen LogP contribution in [0.3, 0.4) is 0 Å². The molecule has 2 aromatic heterocycles. The number of carbonyl (C=O) groups is 2. The number of nitrogens with zero attached hydrogens (tertiary/aromatic N) is 5. The minimum atomic E-state index is -4.57. The van der Waals surface area contributed by atoms with E-state index in [1.54, 1.807) is 4.40 Å². The van der Waals surface area contributed by atoms with Gasteiger partial charge in [-0.2, -0.15) is 13.2 Å². The Hall–Kier alpha value is -2.95. The van der Waals surface area contributed by atoms with Crippen molar-refractivity contribution in [3.05, 3.63) is 47.3 Å². The number of hydrogen-bond acceptors (Lipinski definition) is 6. The standard InChI is InChI=1S/C18H14F3N5O2S/c1-9-6-10(2)25-16(22-9)23-24-17(25)29-13-8-14(27)26(15(13)28)12-5-3-4-11(7-12)18(19,20)21/h3-7,13H,8H2,1-2H3/t13-/m1/s1. The van der Waals surface area contributed by atoms with Crippen LogP contribution in [0.25, 0.3) is 5.78 Å². The highest BCUT2D eigenvalue weighted by molar-refractivity contribution is 8.00. The second-order valence-corrected chi connectivity index (χ2v) is 7.75.